The van der Waals surface area contributed by atoms with Crippen molar-refractivity contribution in [3.05, 3.63) is 60.0 Å². The summed E-state index contributed by atoms with van der Waals surface area (Å²) < 4.78 is 1.71. The van der Waals surface area contributed by atoms with Crippen LogP contribution in [0.2, 0.25) is 0 Å². The summed E-state index contributed by atoms with van der Waals surface area (Å²) in [4.78, 5) is 15.7. The Morgan fingerprint density at radius 3 is 2.76 bits per heavy atom. The minimum Gasteiger partial charge on any atom is -0.319 e. The van der Waals surface area contributed by atoms with Crippen LogP contribution in [0.3, 0.4) is 0 Å². The zero-order valence-electron chi connectivity index (χ0n) is 9.37. The summed E-state index contributed by atoms with van der Waals surface area (Å²) >= 11 is 0. The maximum Gasteiger partial charge on any atom is 0.271 e. The number of amides is 1. The molecule has 1 aromatic carbocycles. The standard InChI is InChI=1S/C12H12N4O/c1-16-9-5-8-13-12(16)15-14-11(17)10-6-3-2-4-7-10/h2-9H,1H3,(H,14,17). The van der Waals surface area contributed by atoms with E-state index in [1.165, 1.54) is 0 Å². The number of hydrogen-bond donors (Lipinski definition) is 1. The highest BCUT2D eigenvalue weighted by molar-refractivity contribution is 5.93. The number of carbonyl (C=O) groups is 1. The molecule has 0 unspecified atom stereocenters. The molecular weight excluding hydrogens is 216 g/mol. The Morgan fingerprint density at radius 2 is 2.06 bits per heavy atom. The van der Waals surface area contributed by atoms with Gasteiger partial charge in [-0.15, -0.1) is 5.10 Å². The van der Waals surface area contributed by atoms with Crippen LogP contribution in [-0.4, -0.2) is 15.5 Å². The summed E-state index contributed by atoms with van der Waals surface area (Å²) in [6.07, 6.45) is 3.42. The Kier molecular flexibility index (Phi) is 3.30. The Hall–Kier alpha value is -2.43. The van der Waals surface area contributed by atoms with Crippen molar-refractivity contribution in [1.29, 1.82) is 0 Å². The maximum atomic E-state index is 11.7. The zero-order chi connectivity index (χ0) is 12.1. The normalized spacial score (nSPS) is 11.2. The van der Waals surface area contributed by atoms with Crippen molar-refractivity contribution in [2.24, 2.45) is 12.1 Å². The van der Waals surface area contributed by atoms with Gasteiger partial charge in [-0.25, -0.2) is 10.4 Å². The molecule has 0 aliphatic heterocycles. The summed E-state index contributed by atoms with van der Waals surface area (Å²) in [6, 6.07) is 10.7. The molecule has 1 amide bonds. The fraction of sp³-hybridized carbons (Fsp3) is 0.0833. The van der Waals surface area contributed by atoms with Crippen LogP contribution in [-0.2, 0) is 7.05 Å². The SMILES string of the molecule is Cn1cccnc1=NNC(=O)c1ccccc1. The first-order chi connectivity index (χ1) is 8.27. The van der Waals surface area contributed by atoms with E-state index in [-0.39, 0.29) is 5.91 Å². The van der Waals surface area contributed by atoms with Crippen molar-refractivity contribution in [3.63, 3.8) is 0 Å². The number of aryl methyl sites for hydroxylation is 1. The number of nitrogens with one attached hydrogen (secondary N) is 1. The smallest absolute Gasteiger partial charge is 0.271 e. The highest BCUT2D eigenvalue weighted by atomic mass is 16.2. The van der Waals surface area contributed by atoms with Gasteiger partial charge in [0.1, 0.15) is 0 Å². The van der Waals surface area contributed by atoms with Crippen molar-refractivity contribution < 1.29 is 4.79 Å². The topological polar surface area (TPSA) is 59.3 Å². The van der Waals surface area contributed by atoms with E-state index in [1.54, 1.807) is 54.3 Å². The van der Waals surface area contributed by atoms with E-state index in [0.29, 0.717) is 11.2 Å². The summed E-state index contributed by atoms with van der Waals surface area (Å²) in [7, 11) is 1.81. The third-order valence-electron chi connectivity index (χ3n) is 2.19. The van der Waals surface area contributed by atoms with Crippen LogP contribution >= 0.6 is 0 Å². The number of rotatable bonds is 2. The lowest BCUT2D eigenvalue weighted by atomic mass is 10.2. The van der Waals surface area contributed by atoms with E-state index in [2.05, 4.69) is 15.5 Å². The fourth-order valence-corrected chi connectivity index (χ4v) is 1.30. The molecule has 1 heterocycles. The Morgan fingerprint density at radius 1 is 1.29 bits per heavy atom. The average Bonchev–Trinajstić information content (AvgIpc) is 2.38. The predicted octanol–water partition coefficient (Wildman–Crippen LogP) is 0.666. The second-order valence-corrected chi connectivity index (χ2v) is 3.45. The minimum absolute atomic E-state index is 0.253. The molecule has 0 saturated carbocycles. The molecule has 0 bridgehead atoms. The Labute approximate surface area is 98.4 Å². The molecule has 0 radical (unpaired) electrons. The lowest BCUT2D eigenvalue weighted by Crippen LogP contribution is -2.27. The molecule has 0 atom stereocenters. The number of aromatic nitrogens is 2. The van der Waals surface area contributed by atoms with Crippen molar-refractivity contribution in [1.82, 2.24) is 15.0 Å². The molecule has 1 aromatic heterocycles. The van der Waals surface area contributed by atoms with E-state index in [4.69, 9.17) is 0 Å². The van der Waals surface area contributed by atoms with Crippen molar-refractivity contribution >= 4 is 5.91 Å². The van der Waals surface area contributed by atoms with Crippen molar-refractivity contribution in [2.45, 2.75) is 0 Å². The van der Waals surface area contributed by atoms with Crippen molar-refractivity contribution in [3.8, 4) is 0 Å². The van der Waals surface area contributed by atoms with Crippen LogP contribution < -0.4 is 11.0 Å². The van der Waals surface area contributed by atoms with E-state index in [0.717, 1.165) is 0 Å². The van der Waals surface area contributed by atoms with E-state index in [1.807, 2.05) is 6.07 Å². The molecule has 5 heteroatoms. The van der Waals surface area contributed by atoms with Gasteiger partial charge in [0, 0.05) is 25.0 Å². The number of hydrogen-bond acceptors (Lipinski definition) is 3. The first kappa shape index (κ1) is 11.1. The Bertz CT molecular complexity index is 574. The second kappa shape index (κ2) is 5.07. The fourth-order valence-electron chi connectivity index (χ4n) is 1.30. The molecule has 1 N–H and O–H groups in total. The summed E-state index contributed by atoms with van der Waals surface area (Å²) in [5.41, 5.74) is 3.46. The molecule has 0 saturated heterocycles. The molecule has 5 nitrogen and oxygen atoms in total. The van der Waals surface area contributed by atoms with Gasteiger partial charge in [-0.1, -0.05) is 18.2 Å². The van der Waals surface area contributed by atoms with Gasteiger partial charge < -0.3 is 4.57 Å². The zero-order valence-corrected chi connectivity index (χ0v) is 9.37. The van der Waals surface area contributed by atoms with Gasteiger partial charge in [-0.05, 0) is 18.2 Å². The third kappa shape index (κ3) is 2.78. The highest BCUT2D eigenvalue weighted by Crippen LogP contribution is 1.96. The molecule has 0 fully saturated rings. The van der Waals surface area contributed by atoms with Gasteiger partial charge in [-0.2, -0.15) is 0 Å². The molecule has 86 valence electrons. The second-order valence-electron chi connectivity index (χ2n) is 3.45. The molecule has 0 spiro atoms. The van der Waals surface area contributed by atoms with Crippen LogP contribution in [0.1, 0.15) is 10.4 Å². The maximum absolute atomic E-state index is 11.7. The first-order valence-electron chi connectivity index (χ1n) is 5.14. The monoisotopic (exact) mass is 228 g/mol. The van der Waals surface area contributed by atoms with Crippen LogP contribution in [0.15, 0.2) is 53.9 Å². The Balaban J connectivity index is 2.17. The van der Waals surface area contributed by atoms with Gasteiger partial charge in [0.05, 0.1) is 0 Å². The molecular formula is C12H12N4O. The lowest BCUT2D eigenvalue weighted by Gasteiger charge is -2.00. The van der Waals surface area contributed by atoms with E-state index < -0.39 is 0 Å². The number of nitrogens with zero attached hydrogens (tertiary/aromatic N) is 3. The summed E-state index contributed by atoms with van der Waals surface area (Å²) in [6.45, 7) is 0. The average molecular weight is 228 g/mol. The number of benzene rings is 1. The molecule has 2 rings (SSSR count). The minimum atomic E-state index is -0.253. The summed E-state index contributed by atoms with van der Waals surface area (Å²) in [5, 5.41) is 3.93. The molecule has 17 heavy (non-hydrogen) atoms. The van der Waals surface area contributed by atoms with Gasteiger partial charge in [-0.3, -0.25) is 4.79 Å². The van der Waals surface area contributed by atoms with Gasteiger partial charge in [0.2, 0.25) is 5.62 Å². The van der Waals surface area contributed by atoms with Gasteiger partial charge >= 0.3 is 0 Å². The van der Waals surface area contributed by atoms with Crippen LogP contribution in [0, 0.1) is 0 Å². The largest absolute Gasteiger partial charge is 0.319 e. The predicted molar refractivity (Wildman–Crippen MR) is 62.7 cm³/mol. The van der Waals surface area contributed by atoms with Crippen molar-refractivity contribution in [2.75, 3.05) is 0 Å². The van der Waals surface area contributed by atoms with Crippen LogP contribution in [0.5, 0.6) is 0 Å². The molecule has 0 aliphatic carbocycles. The van der Waals surface area contributed by atoms with Crippen LogP contribution in [0.25, 0.3) is 0 Å². The van der Waals surface area contributed by atoms with E-state index >= 15 is 0 Å². The number of carbonyl (C=O) groups excluding carboxylic acids is 1. The van der Waals surface area contributed by atoms with Gasteiger partial charge in [0.25, 0.3) is 5.91 Å². The third-order valence-corrected chi connectivity index (χ3v) is 2.19. The van der Waals surface area contributed by atoms with Crippen LogP contribution in [0.4, 0.5) is 0 Å². The summed E-state index contributed by atoms with van der Waals surface area (Å²) in [5.74, 6) is -0.253. The van der Waals surface area contributed by atoms with E-state index in [9.17, 15) is 4.79 Å². The first-order valence-corrected chi connectivity index (χ1v) is 5.14. The highest BCUT2D eigenvalue weighted by Gasteiger charge is 2.01. The molecule has 2 aromatic rings. The lowest BCUT2D eigenvalue weighted by molar-refractivity contribution is 0.0952. The quantitative estimate of drug-likeness (QED) is 0.768. The van der Waals surface area contributed by atoms with Gasteiger partial charge in [0.15, 0.2) is 0 Å². The molecule has 0 aliphatic rings.